The lowest BCUT2D eigenvalue weighted by molar-refractivity contribution is -0.142. The summed E-state index contributed by atoms with van der Waals surface area (Å²) in [7, 11) is -0.0727. The van der Waals surface area contributed by atoms with Crippen LogP contribution in [0, 0.1) is 0 Å². The van der Waals surface area contributed by atoms with Gasteiger partial charge in [0.2, 0.25) is 5.91 Å². The summed E-state index contributed by atoms with van der Waals surface area (Å²) in [6, 6.07) is 6.89. The zero-order valence-electron chi connectivity index (χ0n) is 19.1. The van der Waals surface area contributed by atoms with Crippen molar-refractivity contribution >= 4 is 34.6 Å². The summed E-state index contributed by atoms with van der Waals surface area (Å²) in [5.41, 5.74) is 6.30. The molecule has 2 atom stereocenters. The molecule has 0 aliphatic heterocycles. The van der Waals surface area contributed by atoms with Gasteiger partial charge in [-0.25, -0.2) is 9.59 Å². The summed E-state index contributed by atoms with van der Waals surface area (Å²) < 4.78 is 5.17. The van der Waals surface area contributed by atoms with E-state index in [-0.39, 0.29) is 59.5 Å². The van der Waals surface area contributed by atoms with Gasteiger partial charge in [-0.2, -0.15) is 0 Å². The number of carbonyl (C=O) groups excluding carboxylic acids is 3. The highest BCUT2D eigenvalue weighted by Crippen LogP contribution is 2.07. The predicted octanol–water partition coefficient (Wildman–Crippen LogP) is -1.79. The Morgan fingerprint density at radius 3 is 2.27 bits per heavy atom. The number of amides is 2. The monoisotopic (exact) mass is 547 g/mol. The SMILES string of the molecule is C[S+](C)CC(=O)CC[C@H](NC(=O)[C@H](CCCCN)NC(=O)OCc1ccccc1)C(=O)O.[Br-]. The average molecular weight is 549 g/mol. The average Bonchev–Trinajstić information content (AvgIpc) is 2.74. The third-order valence-corrected chi connectivity index (χ3v) is 5.44. The largest absolute Gasteiger partial charge is 1.00 e. The number of nitrogens with one attached hydrogen (secondary N) is 2. The molecule has 9 nitrogen and oxygen atoms in total. The van der Waals surface area contributed by atoms with Crippen molar-refractivity contribution < 1.29 is 46.0 Å². The molecule has 0 spiro atoms. The number of rotatable bonds is 15. The van der Waals surface area contributed by atoms with E-state index in [9.17, 15) is 24.3 Å². The zero-order valence-corrected chi connectivity index (χ0v) is 21.5. The van der Waals surface area contributed by atoms with Crippen molar-refractivity contribution in [2.45, 2.75) is 50.8 Å². The first kappa shape index (κ1) is 30.9. The van der Waals surface area contributed by atoms with Crippen LogP contribution in [-0.2, 0) is 36.6 Å². The van der Waals surface area contributed by atoms with E-state index in [0.717, 1.165) is 5.56 Å². The van der Waals surface area contributed by atoms with Gasteiger partial charge >= 0.3 is 12.1 Å². The molecule has 0 heterocycles. The Kier molecular flexibility index (Phi) is 16.3. The predicted molar refractivity (Wildman–Crippen MR) is 124 cm³/mol. The number of nitrogens with two attached hydrogens (primary N) is 1. The molecule has 0 aliphatic rings. The van der Waals surface area contributed by atoms with Gasteiger partial charge in [-0.15, -0.1) is 0 Å². The van der Waals surface area contributed by atoms with Gasteiger partial charge in [-0.1, -0.05) is 30.3 Å². The molecule has 0 unspecified atom stereocenters. The first-order chi connectivity index (χ1) is 15.2. The van der Waals surface area contributed by atoms with Gasteiger partial charge in [0.25, 0.3) is 0 Å². The molecule has 0 saturated heterocycles. The van der Waals surface area contributed by atoms with E-state index in [1.54, 1.807) is 12.1 Å². The first-order valence-corrected chi connectivity index (χ1v) is 12.7. The van der Waals surface area contributed by atoms with Crippen LogP contribution in [-0.4, -0.2) is 65.8 Å². The fourth-order valence-electron chi connectivity index (χ4n) is 2.90. The second-order valence-electron chi connectivity index (χ2n) is 7.65. The second-order valence-corrected chi connectivity index (χ2v) is 9.91. The fourth-order valence-corrected chi connectivity index (χ4v) is 3.69. The number of alkyl carbamates (subject to hydrolysis) is 1. The van der Waals surface area contributed by atoms with Crippen LogP contribution in [0.4, 0.5) is 4.79 Å². The van der Waals surface area contributed by atoms with Gasteiger partial charge in [-0.05, 0) is 48.7 Å². The van der Waals surface area contributed by atoms with E-state index in [1.165, 1.54) is 0 Å². The Morgan fingerprint density at radius 2 is 1.70 bits per heavy atom. The number of carbonyl (C=O) groups is 4. The molecule has 33 heavy (non-hydrogen) atoms. The molecule has 0 aromatic heterocycles. The number of ether oxygens (including phenoxy) is 1. The van der Waals surface area contributed by atoms with Crippen molar-refractivity contribution in [3.8, 4) is 0 Å². The van der Waals surface area contributed by atoms with Gasteiger partial charge in [0.1, 0.15) is 18.7 Å². The Morgan fingerprint density at radius 1 is 1.03 bits per heavy atom. The molecule has 0 fully saturated rings. The first-order valence-electron chi connectivity index (χ1n) is 10.5. The van der Waals surface area contributed by atoms with Crippen LogP contribution in [0.5, 0.6) is 0 Å². The molecule has 5 N–H and O–H groups in total. The molecule has 1 aromatic carbocycles. The maximum Gasteiger partial charge on any atom is 0.408 e. The maximum absolute atomic E-state index is 12.7. The highest BCUT2D eigenvalue weighted by Gasteiger charge is 2.27. The number of benzene rings is 1. The van der Waals surface area contributed by atoms with E-state index >= 15 is 0 Å². The van der Waals surface area contributed by atoms with Crippen molar-refractivity contribution in [3.63, 3.8) is 0 Å². The van der Waals surface area contributed by atoms with Crippen LogP contribution in [0.3, 0.4) is 0 Å². The number of hydrogen-bond donors (Lipinski definition) is 4. The van der Waals surface area contributed by atoms with E-state index in [1.807, 2.05) is 30.7 Å². The van der Waals surface area contributed by atoms with E-state index in [2.05, 4.69) is 10.6 Å². The van der Waals surface area contributed by atoms with Crippen molar-refractivity contribution in [2.75, 3.05) is 24.8 Å². The van der Waals surface area contributed by atoms with Crippen LogP contribution in [0.15, 0.2) is 30.3 Å². The Bertz CT molecular complexity index is 751. The van der Waals surface area contributed by atoms with Crippen molar-refractivity contribution in [3.05, 3.63) is 35.9 Å². The van der Waals surface area contributed by atoms with Gasteiger partial charge in [0, 0.05) is 6.42 Å². The molecular weight excluding hydrogens is 514 g/mol. The van der Waals surface area contributed by atoms with Crippen LogP contribution in [0.2, 0.25) is 0 Å². The summed E-state index contributed by atoms with van der Waals surface area (Å²) in [4.78, 5) is 48.4. The van der Waals surface area contributed by atoms with Gasteiger partial charge in [0.15, 0.2) is 11.5 Å². The van der Waals surface area contributed by atoms with E-state index in [0.29, 0.717) is 25.1 Å². The van der Waals surface area contributed by atoms with Crippen LogP contribution in [0.25, 0.3) is 0 Å². The second kappa shape index (κ2) is 17.4. The number of aliphatic carboxylic acids is 1. The molecule has 186 valence electrons. The minimum Gasteiger partial charge on any atom is -1.00 e. The number of ketones is 1. The summed E-state index contributed by atoms with van der Waals surface area (Å²) in [5.74, 6) is -1.52. The normalized spacial score (nSPS) is 12.2. The minimum atomic E-state index is -1.23. The van der Waals surface area contributed by atoms with Crippen LogP contribution >= 0.6 is 0 Å². The summed E-state index contributed by atoms with van der Waals surface area (Å²) in [5, 5.41) is 14.4. The number of carboxylic acids is 1. The smallest absolute Gasteiger partial charge is 0.408 e. The highest BCUT2D eigenvalue weighted by molar-refractivity contribution is 7.96. The zero-order chi connectivity index (χ0) is 23.9. The fraction of sp³-hybridized carbons (Fsp3) is 0.545. The standard InChI is InChI=1S/C22H33N3O6S.BrH/c1-32(2)15-17(26)11-12-19(21(28)29)24-20(27)18(10-6-7-13-23)25-22(30)31-14-16-8-4-3-5-9-16;/h3-5,8-9,18-19H,6-7,10-15,23H2,1-2H3,(H2-,24,25,27,28,29,30);1H/t18-,19-;/m0./s1. The molecule has 11 heteroatoms. The van der Waals surface area contributed by atoms with Gasteiger partial charge < -0.3 is 43.2 Å². The van der Waals surface area contributed by atoms with Crippen molar-refractivity contribution in [2.24, 2.45) is 5.73 Å². The number of Topliss-reactive ketones (excluding diaryl/α,β-unsaturated/α-hetero) is 1. The van der Waals surface area contributed by atoms with Crippen LogP contribution < -0.4 is 33.3 Å². The maximum atomic E-state index is 12.7. The van der Waals surface area contributed by atoms with E-state index < -0.39 is 30.1 Å². The Labute approximate surface area is 208 Å². The molecule has 1 aromatic rings. The molecule has 0 radical (unpaired) electrons. The minimum absolute atomic E-state index is 0. The molecule has 0 bridgehead atoms. The Balaban J connectivity index is 0.0000102. The lowest BCUT2D eigenvalue weighted by Gasteiger charge is -2.21. The van der Waals surface area contributed by atoms with Crippen molar-refractivity contribution in [1.82, 2.24) is 10.6 Å². The summed E-state index contributed by atoms with van der Waals surface area (Å²) in [6.07, 6.45) is 4.64. The van der Waals surface area contributed by atoms with Crippen LogP contribution in [0.1, 0.15) is 37.7 Å². The number of hydrogen-bond acceptors (Lipinski definition) is 6. The molecule has 0 aliphatic carbocycles. The van der Waals surface area contributed by atoms with Crippen molar-refractivity contribution in [1.29, 1.82) is 0 Å². The third-order valence-electron chi connectivity index (χ3n) is 4.54. The summed E-state index contributed by atoms with van der Waals surface area (Å²) >= 11 is 0. The number of carboxylic acid groups (broad SMARTS) is 1. The lowest BCUT2D eigenvalue weighted by atomic mass is 10.1. The highest BCUT2D eigenvalue weighted by atomic mass is 79.9. The Hall–Kier alpha value is -2.11. The number of halogens is 1. The molecule has 1 rings (SSSR count). The van der Waals surface area contributed by atoms with Gasteiger partial charge in [-0.3, -0.25) is 9.59 Å². The quantitative estimate of drug-likeness (QED) is 0.150. The molecular formula is C22H34BrN3O6S. The van der Waals surface area contributed by atoms with Gasteiger partial charge in [0.05, 0.1) is 12.5 Å². The third kappa shape index (κ3) is 13.9. The summed E-state index contributed by atoms with van der Waals surface area (Å²) in [6.45, 7) is 0.476. The molecule has 0 saturated carbocycles. The molecule has 2 amide bonds. The topological polar surface area (TPSA) is 148 Å². The van der Waals surface area contributed by atoms with E-state index in [4.69, 9.17) is 10.5 Å². The lowest BCUT2D eigenvalue weighted by Crippen LogP contribution is -3.00. The number of unbranched alkanes of at least 4 members (excludes halogenated alkanes) is 1.